The number of nitrogens with zero attached hydrogens (tertiary/aromatic N) is 3. The van der Waals surface area contributed by atoms with Crippen LogP contribution in [-0.4, -0.2) is 22.1 Å². The number of nitrogens with one attached hydrogen (secondary N) is 1. The average molecular weight is 410 g/mol. The first-order valence-corrected chi connectivity index (χ1v) is 11.0. The number of fused-ring (bicyclic) bond motifs is 1. The van der Waals surface area contributed by atoms with Gasteiger partial charge in [-0.25, -0.2) is 9.13 Å². The number of amides is 1. The lowest BCUT2D eigenvalue weighted by Gasteiger charge is -2.03. The number of benzene rings is 1. The van der Waals surface area contributed by atoms with E-state index in [2.05, 4.69) is 33.9 Å². The Balaban J connectivity index is 1.49. The Bertz CT molecular complexity index is 908. The highest BCUT2D eigenvalue weighted by Gasteiger charge is 2.16. The van der Waals surface area contributed by atoms with Crippen LogP contribution in [0.25, 0.3) is 11.0 Å². The third-order valence-corrected chi connectivity index (χ3v) is 5.24. The van der Waals surface area contributed by atoms with Gasteiger partial charge in [0.15, 0.2) is 24.4 Å². The van der Waals surface area contributed by atoms with Crippen molar-refractivity contribution in [2.24, 2.45) is 0 Å². The lowest BCUT2D eigenvalue weighted by molar-refractivity contribution is -0.675. The predicted octanol–water partition coefficient (Wildman–Crippen LogP) is 4.44. The van der Waals surface area contributed by atoms with E-state index in [0.29, 0.717) is 19.0 Å². The van der Waals surface area contributed by atoms with E-state index in [1.54, 1.807) is 24.5 Å². The van der Waals surface area contributed by atoms with Crippen molar-refractivity contribution >= 4 is 16.9 Å². The number of hydrogen-bond donors (Lipinski definition) is 1. The van der Waals surface area contributed by atoms with E-state index in [-0.39, 0.29) is 5.91 Å². The molecule has 0 saturated heterocycles. The molecule has 30 heavy (non-hydrogen) atoms. The zero-order valence-electron chi connectivity index (χ0n) is 17.9. The fourth-order valence-corrected chi connectivity index (χ4v) is 3.55. The van der Waals surface area contributed by atoms with Crippen LogP contribution in [0, 0.1) is 0 Å². The third-order valence-electron chi connectivity index (χ3n) is 5.24. The molecule has 0 fully saturated rings. The van der Waals surface area contributed by atoms with E-state index in [0.717, 1.165) is 24.1 Å². The Hall–Kier alpha value is -2.73. The van der Waals surface area contributed by atoms with Gasteiger partial charge in [0.2, 0.25) is 6.33 Å². The van der Waals surface area contributed by atoms with Gasteiger partial charge in [-0.2, -0.15) is 0 Å². The number of imidazole rings is 1. The lowest BCUT2D eigenvalue weighted by Crippen LogP contribution is -2.43. The summed E-state index contributed by atoms with van der Waals surface area (Å²) in [6.45, 7) is 3.92. The molecule has 1 N–H and O–H groups in total. The van der Waals surface area contributed by atoms with Crippen molar-refractivity contribution in [3.05, 3.63) is 60.7 Å². The van der Waals surface area contributed by atoms with Crippen molar-refractivity contribution in [2.75, 3.05) is 6.61 Å². The van der Waals surface area contributed by atoms with Crippen LogP contribution in [0.2, 0.25) is 0 Å². The summed E-state index contributed by atoms with van der Waals surface area (Å²) in [6.07, 6.45) is 14.2. The molecule has 0 aliphatic heterocycles. The number of unbranched alkanes of at least 4 members (excludes halogenated alkanes) is 6. The van der Waals surface area contributed by atoms with Crippen molar-refractivity contribution in [1.82, 2.24) is 14.9 Å². The van der Waals surface area contributed by atoms with Crippen molar-refractivity contribution in [3.63, 3.8) is 0 Å². The molecule has 3 rings (SSSR count). The Kier molecular flexibility index (Phi) is 8.84. The Labute approximate surface area is 178 Å². The number of carbonyl (C=O) groups excluding carboxylic acids is 1. The molecule has 0 aliphatic rings. The number of pyridine rings is 1. The fraction of sp³-hybridized carbons (Fsp3) is 0.458. The lowest BCUT2D eigenvalue weighted by atomic mass is 10.1. The summed E-state index contributed by atoms with van der Waals surface area (Å²) in [6, 6.07) is 11.7. The van der Waals surface area contributed by atoms with Gasteiger partial charge in [0.1, 0.15) is 0 Å². The van der Waals surface area contributed by atoms with E-state index in [9.17, 15) is 4.79 Å². The number of rotatable bonds is 13. The summed E-state index contributed by atoms with van der Waals surface area (Å²) >= 11 is 0. The van der Waals surface area contributed by atoms with E-state index in [4.69, 9.17) is 4.74 Å². The Morgan fingerprint density at radius 3 is 2.67 bits per heavy atom. The summed E-state index contributed by atoms with van der Waals surface area (Å²) in [4.78, 5) is 16.3. The highest BCUT2D eigenvalue weighted by Crippen LogP contribution is 2.11. The summed E-state index contributed by atoms with van der Waals surface area (Å²) < 4.78 is 10.0. The van der Waals surface area contributed by atoms with Crippen LogP contribution in [0.3, 0.4) is 0 Å². The van der Waals surface area contributed by atoms with Gasteiger partial charge in [-0.05, 0) is 30.7 Å². The molecule has 6 nitrogen and oxygen atoms in total. The standard InChI is InChI=1S/C24H32N4O2/c1-2-3-4-5-6-7-10-16-30-20-28-19-27(22-13-8-9-14-23(22)28)18-26-24(29)21-12-11-15-25-17-21/h8-9,11-15,17,19H,2-7,10,16,18,20H2,1H3/p+1. The van der Waals surface area contributed by atoms with Crippen LogP contribution in [0.5, 0.6) is 0 Å². The molecule has 6 heteroatoms. The zero-order chi connectivity index (χ0) is 21.0. The monoisotopic (exact) mass is 409 g/mol. The topological polar surface area (TPSA) is 60.0 Å². The Morgan fingerprint density at radius 1 is 1.07 bits per heavy atom. The van der Waals surface area contributed by atoms with Crippen LogP contribution in [0.1, 0.15) is 62.2 Å². The molecule has 0 spiro atoms. The normalized spacial score (nSPS) is 11.1. The molecule has 160 valence electrons. The second-order valence-electron chi connectivity index (χ2n) is 7.61. The highest BCUT2D eigenvalue weighted by atomic mass is 16.5. The second-order valence-corrected chi connectivity index (χ2v) is 7.61. The molecule has 3 aromatic rings. The maximum Gasteiger partial charge on any atom is 0.255 e. The molecular weight excluding hydrogens is 376 g/mol. The van der Waals surface area contributed by atoms with Gasteiger partial charge in [0.05, 0.1) is 12.2 Å². The van der Waals surface area contributed by atoms with Gasteiger partial charge >= 0.3 is 0 Å². The van der Waals surface area contributed by atoms with Gasteiger partial charge in [-0.15, -0.1) is 0 Å². The number of aromatic nitrogens is 3. The molecule has 1 amide bonds. The van der Waals surface area contributed by atoms with E-state index in [1.807, 2.05) is 23.0 Å². The van der Waals surface area contributed by atoms with Crippen molar-refractivity contribution < 1.29 is 14.1 Å². The predicted molar refractivity (Wildman–Crippen MR) is 118 cm³/mol. The van der Waals surface area contributed by atoms with Crippen LogP contribution in [0.4, 0.5) is 0 Å². The van der Waals surface area contributed by atoms with Crippen LogP contribution in [0.15, 0.2) is 55.1 Å². The second kappa shape index (κ2) is 12.1. The molecular formula is C24H33N4O2+. The number of para-hydroxylation sites is 2. The van der Waals surface area contributed by atoms with Gasteiger partial charge in [-0.3, -0.25) is 9.78 Å². The molecule has 2 aromatic heterocycles. The van der Waals surface area contributed by atoms with Crippen LogP contribution < -0.4 is 9.88 Å². The third kappa shape index (κ3) is 6.39. The first-order chi connectivity index (χ1) is 14.8. The summed E-state index contributed by atoms with van der Waals surface area (Å²) in [5, 5.41) is 2.96. The minimum absolute atomic E-state index is 0.136. The molecule has 0 unspecified atom stereocenters. The van der Waals surface area contributed by atoms with Crippen LogP contribution in [-0.2, 0) is 18.1 Å². The average Bonchev–Trinajstić information content (AvgIpc) is 3.14. The largest absolute Gasteiger partial charge is 0.342 e. The first-order valence-electron chi connectivity index (χ1n) is 11.0. The summed E-state index contributed by atoms with van der Waals surface area (Å²) in [7, 11) is 0. The van der Waals surface area contributed by atoms with Crippen molar-refractivity contribution in [3.8, 4) is 0 Å². The maximum atomic E-state index is 12.3. The van der Waals surface area contributed by atoms with Gasteiger partial charge < -0.3 is 10.1 Å². The smallest absolute Gasteiger partial charge is 0.255 e. The number of hydrogen-bond acceptors (Lipinski definition) is 3. The zero-order valence-corrected chi connectivity index (χ0v) is 17.9. The molecule has 0 saturated carbocycles. The minimum atomic E-state index is -0.136. The number of ether oxygens (including phenoxy) is 1. The van der Waals surface area contributed by atoms with Crippen molar-refractivity contribution in [1.29, 1.82) is 0 Å². The molecule has 0 aliphatic carbocycles. The van der Waals surface area contributed by atoms with Gasteiger partial charge in [0.25, 0.3) is 5.91 Å². The van der Waals surface area contributed by atoms with Crippen molar-refractivity contribution in [2.45, 2.75) is 65.3 Å². The van der Waals surface area contributed by atoms with Crippen LogP contribution >= 0.6 is 0 Å². The van der Waals surface area contributed by atoms with E-state index >= 15 is 0 Å². The molecule has 0 bridgehead atoms. The molecule has 0 atom stereocenters. The summed E-state index contributed by atoms with van der Waals surface area (Å²) in [5.74, 6) is -0.136. The minimum Gasteiger partial charge on any atom is -0.342 e. The fourth-order valence-electron chi connectivity index (χ4n) is 3.55. The molecule has 0 radical (unpaired) electrons. The summed E-state index contributed by atoms with van der Waals surface area (Å²) in [5.41, 5.74) is 2.70. The SMILES string of the molecule is CCCCCCCCCOCn1c[n+](CNC(=O)c2cccnc2)c2ccccc21. The molecule has 1 aromatic carbocycles. The molecule has 2 heterocycles. The van der Waals surface area contributed by atoms with E-state index in [1.165, 1.54) is 38.5 Å². The highest BCUT2D eigenvalue weighted by molar-refractivity contribution is 5.93. The first kappa shape index (κ1) is 22.0. The van der Waals surface area contributed by atoms with E-state index < -0.39 is 0 Å². The Morgan fingerprint density at radius 2 is 1.87 bits per heavy atom. The maximum absolute atomic E-state index is 12.3. The van der Waals surface area contributed by atoms with Gasteiger partial charge in [0, 0.05) is 12.4 Å². The number of carbonyl (C=O) groups is 1. The van der Waals surface area contributed by atoms with Gasteiger partial charge in [-0.1, -0.05) is 57.6 Å². The quantitative estimate of drug-likeness (QED) is 0.335.